The highest BCUT2D eigenvalue weighted by Gasteiger charge is 2.26. The molecule has 2 aromatic heterocycles. The molecule has 0 aliphatic carbocycles. The van der Waals surface area contributed by atoms with Crippen molar-refractivity contribution in [3.63, 3.8) is 0 Å². The van der Waals surface area contributed by atoms with Gasteiger partial charge in [-0.1, -0.05) is 31.2 Å². The van der Waals surface area contributed by atoms with Crippen LogP contribution in [0.2, 0.25) is 0 Å². The molecule has 1 N–H and O–H groups in total. The second-order valence-electron chi connectivity index (χ2n) is 8.04. The molecule has 4 rings (SSSR count). The average Bonchev–Trinajstić information content (AvgIpc) is 3.29. The standard InChI is InChI=1S/C27H28N4O2S/c1-3-16-31(20(2)26(32)29-22-9-5-4-6-10-22)27(33)21-12-14-24(15-13-21)34-19-23-18-30-17-8-7-11-25(30)28-23/h4-15,17-18,20H,3,16,19H2,1-2H3,(H,29,32). The van der Waals surface area contributed by atoms with Gasteiger partial charge in [0.05, 0.1) is 5.69 Å². The van der Waals surface area contributed by atoms with E-state index < -0.39 is 6.04 Å². The number of fused-ring (bicyclic) bond motifs is 1. The van der Waals surface area contributed by atoms with Gasteiger partial charge >= 0.3 is 0 Å². The van der Waals surface area contributed by atoms with Crippen LogP contribution in [0.3, 0.4) is 0 Å². The van der Waals surface area contributed by atoms with Gasteiger partial charge in [0.1, 0.15) is 11.7 Å². The largest absolute Gasteiger partial charge is 0.327 e. The summed E-state index contributed by atoms with van der Waals surface area (Å²) in [5.74, 6) is 0.398. The van der Waals surface area contributed by atoms with Gasteiger partial charge in [0.15, 0.2) is 0 Å². The highest BCUT2D eigenvalue weighted by atomic mass is 32.2. The molecule has 2 amide bonds. The van der Waals surface area contributed by atoms with Crippen molar-refractivity contribution in [2.45, 2.75) is 37.0 Å². The van der Waals surface area contributed by atoms with E-state index in [1.54, 1.807) is 23.6 Å². The highest BCUT2D eigenvalue weighted by Crippen LogP contribution is 2.24. The van der Waals surface area contributed by atoms with Crippen molar-refractivity contribution < 1.29 is 9.59 Å². The molecule has 2 aromatic carbocycles. The van der Waals surface area contributed by atoms with Crippen LogP contribution in [0.5, 0.6) is 0 Å². The zero-order valence-electron chi connectivity index (χ0n) is 19.3. The number of imidazole rings is 1. The van der Waals surface area contributed by atoms with Crippen molar-refractivity contribution in [2.24, 2.45) is 0 Å². The summed E-state index contributed by atoms with van der Waals surface area (Å²) in [6.45, 7) is 4.28. The minimum atomic E-state index is -0.586. The van der Waals surface area contributed by atoms with Crippen LogP contribution in [-0.2, 0) is 10.5 Å². The molecule has 4 aromatic rings. The number of thioether (sulfide) groups is 1. The molecule has 1 unspecified atom stereocenters. The summed E-state index contributed by atoms with van der Waals surface area (Å²) in [4.78, 5) is 33.4. The van der Waals surface area contributed by atoms with Crippen molar-refractivity contribution in [3.8, 4) is 0 Å². The number of hydrogen-bond acceptors (Lipinski definition) is 4. The highest BCUT2D eigenvalue weighted by molar-refractivity contribution is 7.98. The van der Waals surface area contributed by atoms with E-state index in [1.807, 2.05) is 96.5 Å². The molecular weight excluding hydrogens is 444 g/mol. The summed E-state index contributed by atoms with van der Waals surface area (Å²) in [5, 5.41) is 2.89. The molecule has 0 fully saturated rings. The number of nitrogens with one attached hydrogen (secondary N) is 1. The third kappa shape index (κ3) is 5.66. The molecule has 0 aliphatic rings. The molecule has 0 saturated carbocycles. The first-order chi connectivity index (χ1) is 16.5. The summed E-state index contributed by atoms with van der Waals surface area (Å²) in [6, 6.07) is 22.2. The molecular formula is C27H28N4O2S. The van der Waals surface area contributed by atoms with Crippen LogP contribution < -0.4 is 5.32 Å². The number of aromatic nitrogens is 2. The number of hydrogen-bond donors (Lipinski definition) is 1. The van der Waals surface area contributed by atoms with Gasteiger partial charge in [-0.25, -0.2) is 4.98 Å². The molecule has 174 valence electrons. The number of para-hydroxylation sites is 1. The third-order valence-corrected chi connectivity index (χ3v) is 6.56. The number of carbonyl (C=O) groups is 2. The lowest BCUT2D eigenvalue weighted by Crippen LogP contribution is -2.46. The minimum Gasteiger partial charge on any atom is -0.327 e. The Labute approximate surface area is 204 Å². The van der Waals surface area contributed by atoms with Gasteiger partial charge in [0.2, 0.25) is 5.91 Å². The van der Waals surface area contributed by atoms with E-state index in [1.165, 1.54) is 0 Å². The Morgan fingerprint density at radius 3 is 2.47 bits per heavy atom. The van der Waals surface area contributed by atoms with Crippen LogP contribution >= 0.6 is 11.8 Å². The summed E-state index contributed by atoms with van der Waals surface area (Å²) in [7, 11) is 0. The zero-order valence-corrected chi connectivity index (χ0v) is 20.2. The third-order valence-electron chi connectivity index (χ3n) is 5.52. The Bertz CT molecular complexity index is 1220. The summed E-state index contributed by atoms with van der Waals surface area (Å²) >= 11 is 1.68. The number of carbonyl (C=O) groups excluding carboxylic acids is 2. The molecule has 0 spiro atoms. The second kappa shape index (κ2) is 11.0. The molecule has 1 atom stereocenters. The Morgan fingerprint density at radius 2 is 1.76 bits per heavy atom. The fourth-order valence-electron chi connectivity index (χ4n) is 3.70. The molecule has 0 bridgehead atoms. The number of nitrogens with zero attached hydrogens (tertiary/aromatic N) is 3. The number of pyridine rings is 1. The maximum atomic E-state index is 13.2. The zero-order chi connectivity index (χ0) is 23.9. The molecule has 34 heavy (non-hydrogen) atoms. The Kier molecular flexibility index (Phi) is 7.65. The lowest BCUT2D eigenvalue weighted by Gasteiger charge is -2.28. The van der Waals surface area contributed by atoms with E-state index in [4.69, 9.17) is 0 Å². The van der Waals surface area contributed by atoms with E-state index in [0.717, 1.165) is 34.1 Å². The first-order valence-corrected chi connectivity index (χ1v) is 12.4. The van der Waals surface area contributed by atoms with Crippen molar-refractivity contribution in [1.29, 1.82) is 0 Å². The molecule has 7 heteroatoms. The van der Waals surface area contributed by atoms with Crippen molar-refractivity contribution in [1.82, 2.24) is 14.3 Å². The summed E-state index contributed by atoms with van der Waals surface area (Å²) < 4.78 is 2.01. The smallest absolute Gasteiger partial charge is 0.254 e. The lowest BCUT2D eigenvalue weighted by molar-refractivity contribution is -0.120. The Balaban J connectivity index is 1.40. The number of anilines is 1. The summed E-state index contributed by atoms with van der Waals surface area (Å²) in [5.41, 5.74) is 3.23. The fourth-order valence-corrected chi connectivity index (χ4v) is 4.48. The number of amides is 2. The Hall–Kier alpha value is -3.58. The van der Waals surface area contributed by atoms with Crippen LogP contribution in [0.1, 0.15) is 36.3 Å². The van der Waals surface area contributed by atoms with E-state index in [0.29, 0.717) is 12.1 Å². The monoisotopic (exact) mass is 472 g/mol. The first-order valence-electron chi connectivity index (χ1n) is 11.4. The number of rotatable bonds is 9. The fraction of sp³-hybridized carbons (Fsp3) is 0.222. The van der Waals surface area contributed by atoms with Gasteiger partial charge in [0.25, 0.3) is 5.91 Å². The quantitative estimate of drug-likeness (QED) is 0.326. The molecule has 2 heterocycles. The van der Waals surface area contributed by atoms with E-state index in [2.05, 4.69) is 10.3 Å². The van der Waals surface area contributed by atoms with Gasteiger partial charge < -0.3 is 14.6 Å². The van der Waals surface area contributed by atoms with Crippen molar-refractivity contribution >= 4 is 34.9 Å². The maximum Gasteiger partial charge on any atom is 0.254 e. The van der Waals surface area contributed by atoms with E-state index in [9.17, 15) is 9.59 Å². The normalized spacial score (nSPS) is 11.8. The minimum absolute atomic E-state index is 0.144. The lowest BCUT2D eigenvalue weighted by atomic mass is 10.1. The molecule has 6 nitrogen and oxygen atoms in total. The van der Waals surface area contributed by atoms with Crippen LogP contribution in [0.25, 0.3) is 5.65 Å². The molecule has 0 aliphatic heterocycles. The van der Waals surface area contributed by atoms with Gasteiger partial charge in [-0.3, -0.25) is 9.59 Å². The Morgan fingerprint density at radius 1 is 1.03 bits per heavy atom. The van der Waals surface area contributed by atoms with Gasteiger partial charge in [-0.15, -0.1) is 11.8 Å². The topological polar surface area (TPSA) is 66.7 Å². The molecule has 0 saturated heterocycles. The first kappa shape index (κ1) is 23.6. The van der Waals surface area contributed by atoms with Gasteiger partial charge in [-0.2, -0.15) is 0 Å². The van der Waals surface area contributed by atoms with Gasteiger partial charge in [-0.05, 0) is 61.9 Å². The summed E-state index contributed by atoms with van der Waals surface area (Å²) in [6.07, 6.45) is 4.78. The van der Waals surface area contributed by atoms with Crippen LogP contribution in [-0.4, -0.2) is 38.7 Å². The predicted octanol–water partition coefficient (Wildman–Crippen LogP) is 5.51. The van der Waals surface area contributed by atoms with Crippen LogP contribution in [0.4, 0.5) is 5.69 Å². The van der Waals surface area contributed by atoms with Crippen molar-refractivity contribution in [2.75, 3.05) is 11.9 Å². The second-order valence-corrected chi connectivity index (χ2v) is 9.09. The molecule has 0 radical (unpaired) electrons. The number of benzene rings is 2. The van der Waals surface area contributed by atoms with E-state index >= 15 is 0 Å². The van der Waals surface area contributed by atoms with E-state index in [-0.39, 0.29) is 11.8 Å². The van der Waals surface area contributed by atoms with Gasteiger partial charge in [0, 0.05) is 40.8 Å². The van der Waals surface area contributed by atoms with Crippen LogP contribution in [0, 0.1) is 0 Å². The SMILES string of the molecule is CCCN(C(=O)c1ccc(SCc2cn3ccccc3n2)cc1)C(C)C(=O)Nc1ccccc1. The van der Waals surface area contributed by atoms with Crippen LogP contribution in [0.15, 0.2) is 90.1 Å². The average molecular weight is 473 g/mol. The maximum absolute atomic E-state index is 13.2. The predicted molar refractivity (Wildman–Crippen MR) is 137 cm³/mol. The van der Waals surface area contributed by atoms with Crippen molar-refractivity contribution in [3.05, 3.63) is 96.4 Å².